The van der Waals surface area contributed by atoms with Crippen LogP contribution in [0.25, 0.3) is 0 Å². The van der Waals surface area contributed by atoms with Gasteiger partial charge in [-0.2, -0.15) is 0 Å². The maximum absolute atomic E-state index is 14.5. The van der Waals surface area contributed by atoms with Gasteiger partial charge in [-0.1, -0.05) is 12.1 Å². The Morgan fingerprint density at radius 2 is 1.61 bits per heavy atom. The number of hydrogen-bond acceptors (Lipinski definition) is 5. The fraction of sp³-hybridized carbons (Fsp3) is 0.0952. The van der Waals surface area contributed by atoms with Crippen molar-refractivity contribution in [3.05, 3.63) is 77.9 Å². The molecule has 1 heterocycles. The summed E-state index contributed by atoms with van der Waals surface area (Å²) < 4.78 is 66.6. The van der Waals surface area contributed by atoms with Crippen molar-refractivity contribution in [1.82, 2.24) is 0 Å². The molecule has 1 aliphatic heterocycles. The molecule has 3 aromatic carbocycles. The summed E-state index contributed by atoms with van der Waals surface area (Å²) in [6, 6.07) is 12.7. The number of halogens is 2. The van der Waals surface area contributed by atoms with Gasteiger partial charge in [-0.15, -0.1) is 0 Å². The lowest BCUT2D eigenvalue weighted by molar-refractivity contribution is 0.102. The highest BCUT2D eigenvalue weighted by Crippen LogP contribution is 2.33. The van der Waals surface area contributed by atoms with Crippen LogP contribution in [0.15, 0.2) is 65.6 Å². The quantitative estimate of drug-likeness (QED) is 0.622. The van der Waals surface area contributed by atoms with E-state index in [2.05, 4.69) is 10.0 Å². The van der Waals surface area contributed by atoms with E-state index in [1.165, 1.54) is 30.3 Å². The van der Waals surface area contributed by atoms with Gasteiger partial charge in [0.05, 0.1) is 21.8 Å². The Morgan fingerprint density at radius 1 is 0.871 bits per heavy atom. The molecular formula is C21H16F2N2O5S. The lowest BCUT2D eigenvalue weighted by Crippen LogP contribution is -2.17. The minimum atomic E-state index is -4.13. The first kappa shape index (κ1) is 20.6. The number of amides is 1. The Labute approximate surface area is 176 Å². The van der Waals surface area contributed by atoms with Crippen LogP contribution in [0.2, 0.25) is 0 Å². The molecule has 3 aromatic rings. The molecule has 0 spiro atoms. The van der Waals surface area contributed by atoms with Crippen molar-refractivity contribution in [2.45, 2.75) is 4.90 Å². The van der Waals surface area contributed by atoms with Crippen LogP contribution in [0.5, 0.6) is 11.5 Å². The van der Waals surface area contributed by atoms with E-state index < -0.39 is 27.6 Å². The van der Waals surface area contributed by atoms with Gasteiger partial charge < -0.3 is 14.8 Å². The first-order valence-corrected chi connectivity index (χ1v) is 10.6. The molecule has 0 unspecified atom stereocenters. The summed E-state index contributed by atoms with van der Waals surface area (Å²) in [7, 11) is -4.13. The molecule has 2 N–H and O–H groups in total. The number of sulfonamides is 1. The van der Waals surface area contributed by atoms with Gasteiger partial charge in [-0.05, 0) is 42.5 Å². The molecular weight excluding hydrogens is 430 g/mol. The first-order chi connectivity index (χ1) is 14.8. The molecule has 4 rings (SSSR count). The van der Waals surface area contributed by atoms with Crippen molar-refractivity contribution in [1.29, 1.82) is 0 Å². The molecule has 7 nitrogen and oxygen atoms in total. The zero-order chi connectivity index (χ0) is 22.0. The average molecular weight is 446 g/mol. The highest BCUT2D eigenvalue weighted by molar-refractivity contribution is 7.92. The molecule has 1 amide bonds. The highest BCUT2D eigenvalue weighted by Gasteiger charge is 2.20. The van der Waals surface area contributed by atoms with Crippen molar-refractivity contribution in [2.24, 2.45) is 0 Å². The predicted molar refractivity (Wildman–Crippen MR) is 109 cm³/mol. The van der Waals surface area contributed by atoms with Gasteiger partial charge in [0.1, 0.15) is 24.8 Å². The number of nitrogens with one attached hydrogen (secondary N) is 2. The highest BCUT2D eigenvalue weighted by atomic mass is 32.2. The third kappa shape index (κ3) is 4.43. The summed E-state index contributed by atoms with van der Waals surface area (Å²) >= 11 is 0. The van der Waals surface area contributed by atoms with Gasteiger partial charge in [-0.25, -0.2) is 17.2 Å². The van der Waals surface area contributed by atoms with Crippen LogP contribution in [0.3, 0.4) is 0 Å². The molecule has 0 saturated heterocycles. The monoisotopic (exact) mass is 446 g/mol. The molecule has 0 saturated carbocycles. The minimum Gasteiger partial charge on any atom is -0.486 e. The van der Waals surface area contributed by atoms with E-state index in [9.17, 15) is 22.0 Å². The van der Waals surface area contributed by atoms with Gasteiger partial charge in [-0.3, -0.25) is 9.52 Å². The SMILES string of the molecule is O=C(Nc1ccc(S(=O)(=O)Nc2ccc3c(c2)OCCO3)cc1F)c1ccccc1F. The maximum Gasteiger partial charge on any atom is 0.262 e. The van der Waals surface area contributed by atoms with E-state index >= 15 is 0 Å². The molecule has 0 atom stereocenters. The standard InChI is InChI=1S/C21H16F2N2O5S/c22-16-4-2-1-3-15(16)21(26)24-18-7-6-14(12-17(18)23)31(27,28)25-13-5-8-19-20(11-13)30-10-9-29-19/h1-8,11-12,25H,9-10H2,(H,24,26). The third-order valence-corrected chi connectivity index (χ3v) is 5.79. The smallest absolute Gasteiger partial charge is 0.262 e. The van der Waals surface area contributed by atoms with Crippen molar-refractivity contribution >= 4 is 27.3 Å². The van der Waals surface area contributed by atoms with Crippen LogP contribution in [-0.2, 0) is 10.0 Å². The molecule has 0 aliphatic carbocycles. The molecule has 31 heavy (non-hydrogen) atoms. The summed E-state index contributed by atoms with van der Waals surface area (Å²) in [5.74, 6) is -1.72. The lowest BCUT2D eigenvalue weighted by Gasteiger charge is -2.19. The zero-order valence-corrected chi connectivity index (χ0v) is 16.7. The van der Waals surface area contributed by atoms with Crippen molar-refractivity contribution in [3.8, 4) is 11.5 Å². The fourth-order valence-electron chi connectivity index (χ4n) is 2.92. The Bertz CT molecular complexity index is 1260. The molecule has 1 aliphatic rings. The molecule has 0 aromatic heterocycles. The number of rotatable bonds is 5. The number of hydrogen-bond donors (Lipinski definition) is 2. The van der Waals surface area contributed by atoms with E-state index in [0.29, 0.717) is 24.7 Å². The largest absolute Gasteiger partial charge is 0.486 e. The van der Waals surface area contributed by atoms with Crippen molar-refractivity contribution in [2.75, 3.05) is 23.3 Å². The molecule has 0 radical (unpaired) electrons. The maximum atomic E-state index is 14.5. The Balaban J connectivity index is 1.53. The third-order valence-electron chi connectivity index (χ3n) is 4.41. The second-order valence-corrected chi connectivity index (χ2v) is 8.22. The second kappa shape index (κ2) is 8.23. The van der Waals surface area contributed by atoms with Crippen LogP contribution in [-0.4, -0.2) is 27.5 Å². The van der Waals surface area contributed by atoms with Crippen LogP contribution < -0.4 is 19.5 Å². The molecule has 160 valence electrons. The van der Waals surface area contributed by atoms with Crippen molar-refractivity contribution < 1.29 is 31.5 Å². The Morgan fingerprint density at radius 3 is 2.35 bits per heavy atom. The fourth-order valence-corrected chi connectivity index (χ4v) is 3.98. The summed E-state index contributed by atoms with van der Waals surface area (Å²) in [5, 5.41) is 2.23. The van der Waals surface area contributed by atoms with E-state index in [1.807, 2.05) is 0 Å². The number of benzene rings is 3. The topological polar surface area (TPSA) is 93.7 Å². The molecule has 10 heteroatoms. The lowest BCUT2D eigenvalue weighted by atomic mass is 10.2. The van der Waals surface area contributed by atoms with Crippen molar-refractivity contribution in [3.63, 3.8) is 0 Å². The summed E-state index contributed by atoms with van der Waals surface area (Å²) in [5.41, 5.74) is -0.341. The van der Waals surface area contributed by atoms with Gasteiger partial charge in [0, 0.05) is 6.07 Å². The van der Waals surface area contributed by atoms with Gasteiger partial charge >= 0.3 is 0 Å². The van der Waals surface area contributed by atoms with E-state index in [1.54, 1.807) is 6.07 Å². The molecule has 0 bridgehead atoms. The van der Waals surface area contributed by atoms with E-state index in [-0.39, 0.29) is 21.8 Å². The Hall–Kier alpha value is -3.66. The van der Waals surface area contributed by atoms with Crippen LogP contribution >= 0.6 is 0 Å². The summed E-state index contributed by atoms with van der Waals surface area (Å²) in [6.45, 7) is 0.742. The van der Waals surface area contributed by atoms with Crippen LogP contribution in [0, 0.1) is 11.6 Å². The zero-order valence-electron chi connectivity index (χ0n) is 15.9. The normalized spacial score (nSPS) is 12.8. The number of fused-ring (bicyclic) bond motifs is 1. The minimum absolute atomic E-state index is 0.210. The van der Waals surface area contributed by atoms with Gasteiger partial charge in [0.25, 0.3) is 15.9 Å². The van der Waals surface area contributed by atoms with Crippen LogP contribution in [0.1, 0.15) is 10.4 Å². The van der Waals surface area contributed by atoms with Gasteiger partial charge in [0.2, 0.25) is 0 Å². The van der Waals surface area contributed by atoms with Crippen LogP contribution in [0.4, 0.5) is 20.2 Å². The number of carbonyl (C=O) groups is 1. The van der Waals surface area contributed by atoms with Gasteiger partial charge in [0.15, 0.2) is 11.5 Å². The Kier molecular flexibility index (Phi) is 5.47. The number of carbonyl (C=O) groups excluding carboxylic acids is 1. The second-order valence-electron chi connectivity index (χ2n) is 6.54. The average Bonchev–Trinajstić information content (AvgIpc) is 2.75. The predicted octanol–water partition coefficient (Wildman–Crippen LogP) is 3.79. The number of ether oxygens (including phenoxy) is 2. The first-order valence-electron chi connectivity index (χ1n) is 9.11. The molecule has 0 fully saturated rings. The van der Waals surface area contributed by atoms with E-state index in [4.69, 9.17) is 9.47 Å². The van der Waals surface area contributed by atoms with E-state index in [0.717, 1.165) is 24.3 Å². The summed E-state index contributed by atoms with van der Waals surface area (Å²) in [4.78, 5) is 11.8. The number of anilines is 2. The summed E-state index contributed by atoms with van der Waals surface area (Å²) in [6.07, 6.45) is 0.